The lowest BCUT2D eigenvalue weighted by molar-refractivity contribution is -0.125. The van der Waals surface area contributed by atoms with Gasteiger partial charge in [-0.2, -0.15) is 18.3 Å². The normalized spacial score (nSPS) is 14.1. The molecule has 1 aromatic heterocycles. The number of hydrogen-bond donors (Lipinski definition) is 1. The van der Waals surface area contributed by atoms with Gasteiger partial charge in [-0.3, -0.25) is 4.68 Å². The van der Waals surface area contributed by atoms with Crippen LogP contribution in [0.15, 0.2) is 0 Å². The van der Waals surface area contributed by atoms with E-state index in [0.717, 1.165) is 5.69 Å². The fourth-order valence-electron chi connectivity index (χ4n) is 1.58. The number of aromatic nitrogens is 2. The van der Waals surface area contributed by atoms with E-state index in [9.17, 15) is 13.2 Å². The van der Waals surface area contributed by atoms with E-state index in [1.54, 1.807) is 25.5 Å². The average molecular weight is 270 g/mol. The maximum Gasteiger partial charge on any atom is 0.401 e. The topological polar surface area (TPSA) is 29.9 Å². The SMILES string of the molecule is Cc1nn(C(C)CNCC(F)(F)F)c(C)c1Cl. The third-order valence-electron chi connectivity index (χ3n) is 2.42. The summed E-state index contributed by atoms with van der Waals surface area (Å²) in [5, 5.41) is 7.10. The van der Waals surface area contributed by atoms with Crippen molar-refractivity contribution in [1.82, 2.24) is 15.1 Å². The number of hydrogen-bond acceptors (Lipinski definition) is 2. The molecule has 3 nitrogen and oxygen atoms in total. The maximum atomic E-state index is 11.9. The van der Waals surface area contributed by atoms with Crippen LogP contribution in [-0.2, 0) is 0 Å². The molecule has 17 heavy (non-hydrogen) atoms. The van der Waals surface area contributed by atoms with Gasteiger partial charge in [0.25, 0.3) is 0 Å². The standard InChI is InChI=1S/C10H15ClF3N3/c1-6(4-15-5-10(12,13)14)17-8(3)9(11)7(2)16-17/h6,15H,4-5H2,1-3H3. The van der Waals surface area contributed by atoms with Crippen molar-refractivity contribution in [3.8, 4) is 0 Å². The zero-order valence-corrected chi connectivity index (χ0v) is 10.7. The van der Waals surface area contributed by atoms with Crippen LogP contribution < -0.4 is 5.32 Å². The molecule has 0 aliphatic rings. The van der Waals surface area contributed by atoms with Crippen molar-refractivity contribution in [3.05, 3.63) is 16.4 Å². The van der Waals surface area contributed by atoms with Crippen LogP contribution in [0.1, 0.15) is 24.4 Å². The first kappa shape index (κ1) is 14.3. The number of alkyl halides is 3. The van der Waals surface area contributed by atoms with Crippen molar-refractivity contribution >= 4 is 11.6 Å². The summed E-state index contributed by atoms with van der Waals surface area (Å²) in [6, 6.07) is -0.177. The Morgan fingerprint density at radius 1 is 1.41 bits per heavy atom. The monoisotopic (exact) mass is 269 g/mol. The fourth-order valence-corrected chi connectivity index (χ4v) is 1.71. The maximum absolute atomic E-state index is 11.9. The minimum Gasteiger partial charge on any atom is -0.307 e. The number of nitrogens with one attached hydrogen (secondary N) is 1. The van der Waals surface area contributed by atoms with Gasteiger partial charge in [0.1, 0.15) is 0 Å². The molecule has 1 N–H and O–H groups in total. The summed E-state index contributed by atoms with van der Waals surface area (Å²) >= 11 is 5.97. The third-order valence-corrected chi connectivity index (χ3v) is 2.97. The van der Waals surface area contributed by atoms with E-state index in [1.807, 2.05) is 0 Å². The summed E-state index contributed by atoms with van der Waals surface area (Å²) in [5.74, 6) is 0. The predicted molar refractivity (Wildman–Crippen MR) is 60.3 cm³/mol. The predicted octanol–water partition coefficient (Wildman–Crippen LogP) is 2.87. The van der Waals surface area contributed by atoms with E-state index >= 15 is 0 Å². The Hall–Kier alpha value is -0.750. The molecule has 0 bridgehead atoms. The first-order valence-corrected chi connectivity index (χ1v) is 5.59. The Bertz CT molecular complexity index is 387. The third kappa shape index (κ3) is 3.89. The van der Waals surface area contributed by atoms with Crippen LogP contribution in [0.5, 0.6) is 0 Å². The van der Waals surface area contributed by atoms with Gasteiger partial charge >= 0.3 is 6.18 Å². The molecule has 0 saturated carbocycles. The summed E-state index contributed by atoms with van der Waals surface area (Å²) in [7, 11) is 0. The highest BCUT2D eigenvalue weighted by Gasteiger charge is 2.26. The summed E-state index contributed by atoms with van der Waals surface area (Å²) in [5.41, 5.74) is 1.46. The highest BCUT2D eigenvalue weighted by molar-refractivity contribution is 6.31. The average Bonchev–Trinajstić information content (AvgIpc) is 2.44. The van der Waals surface area contributed by atoms with Gasteiger partial charge in [-0.05, 0) is 20.8 Å². The Labute approximate surface area is 103 Å². The largest absolute Gasteiger partial charge is 0.401 e. The molecule has 0 spiro atoms. The van der Waals surface area contributed by atoms with E-state index in [1.165, 1.54) is 0 Å². The van der Waals surface area contributed by atoms with Crippen LogP contribution in [0.2, 0.25) is 5.02 Å². The smallest absolute Gasteiger partial charge is 0.307 e. The zero-order valence-electron chi connectivity index (χ0n) is 9.90. The second kappa shape index (κ2) is 5.27. The van der Waals surface area contributed by atoms with Gasteiger partial charge in [0.2, 0.25) is 0 Å². The highest BCUT2D eigenvalue weighted by Crippen LogP contribution is 2.22. The Balaban J connectivity index is 2.58. The van der Waals surface area contributed by atoms with Crippen molar-refractivity contribution in [1.29, 1.82) is 0 Å². The van der Waals surface area contributed by atoms with Crippen LogP contribution in [0.4, 0.5) is 13.2 Å². The second-order valence-electron chi connectivity index (χ2n) is 4.02. The van der Waals surface area contributed by atoms with Crippen LogP contribution in [0.3, 0.4) is 0 Å². The highest BCUT2D eigenvalue weighted by atomic mass is 35.5. The quantitative estimate of drug-likeness (QED) is 0.911. The molecule has 1 heterocycles. The van der Waals surface area contributed by atoms with Gasteiger partial charge in [0, 0.05) is 6.54 Å². The first-order valence-electron chi connectivity index (χ1n) is 5.21. The van der Waals surface area contributed by atoms with Gasteiger partial charge in [-0.1, -0.05) is 11.6 Å². The molecular weight excluding hydrogens is 255 g/mol. The lowest BCUT2D eigenvalue weighted by Gasteiger charge is -2.16. The molecule has 7 heteroatoms. The van der Waals surface area contributed by atoms with E-state index in [-0.39, 0.29) is 12.6 Å². The van der Waals surface area contributed by atoms with E-state index in [2.05, 4.69) is 10.4 Å². The minimum atomic E-state index is -4.19. The lowest BCUT2D eigenvalue weighted by atomic mass is 10.3. The Kier molecular flexibility index (Phi) is 4.43. The lowest BCUT2D eigenvalue weighted by Crippen LogP contribution is -2.33. The van der Waals surface area contributed by atoms with Gasteiger partial charge in [0.15, 0.2) is 0 Å². The molecule has 1 atom stereocenters. The summed E-state index contributed by atoms with van der Waals surface area (Å²) in [4.78, 5) is 0. The van der Waals surface area contributed by atoms with Crippen molar-refractivity contribution in [3.63, 3.8) is 0 Å². The molecular formula is C10H15ClF3N3. The van der Waals surface area contributed by atoms with E-state index < -0.39 is 12.7 Å². The van der Waals surface area contributed by atoms with Crippen molar-refractivity contribution in [2.75, 3.05) is 13.1 Å². The number of rotatable bonds is 4. The van der Waals surface area contributed by atoms with E-state index in [0.29, 0.717) is 10.7 Å². The molecule has 1 rings (SSSR count). The van der Waals surface area contributed by atoms with E-state index in [4.69, 9.17) is 11.6 Å². The molecule has 0 aliphatic heterocycles. The van der Waals surface area contributed by atoms with Crippen molar-refractivity contribution < 1.29 is 13.2 Å². The fraction of sp³-hybridized carbons (Fsp3) is 0.700. The van der Waals surface area contributed by atoms with Crippen molar-refractivity contribution in [2.45, 2.75) is 33.0 Å². The molecule has 0 fully saturated rings. The number of nitrogens with zero attached hydrogens (tertiary/aromatic N) is 2. The molecule has 1 unspecified atom stereocenters. The van der Waals surface area contributed by atoms with Crippen LogP contribution in [0, 0.1) is 13.8 Å². The molecule has 0 amide bonds. The van der Waals surface area contributed by atoms with Crippen LogP contribution >= 0.6 is 11.6 Å². The Morgan fingerprint density at radius 2 is 2.00 bits per heavy atom. The number of aryl methyl sites for hydroxylation is 1. The van der Waals surface area contributed by atoms with Crippen LogP contribution in [0.25, 0.3) is 0 Å². The van der Waals surface area contributed by atoms with Crippen molar-refractivity contribution in [2.24, 2.45) is 0 Å². The second-order valence-corrected chi connectivity index (χ2v) is 4.40. The van der Waals surface area contributed by atoms with Crippen LogP contribution in [-0.4, -0.2) is 29.0 Å². The summed E-state index contributed by atoms with van der Waals surface area (Å²) < 4.78 is 37.5. The summed E-state index contributed by atoms with van der Waals surface area (Å²) in [6.45, 7) is 4.55. The Morgan fingerprint density at radius 3 is 2.41 bits per heavy atom. The molecule has 0 radical (unpaired) electrons. The molecule has 0 saturated heterocycles. The minimum absolute atomic E-state index is 0.177. The van der Waals surface area contributed by atoms with Gasteiger partial charge in [-0.25, -0.2) is 0 Å². The van der Waals surface area contributed by atoms with Gasteiger partial charge in [-0.15, -0.1) is 0 Å². The molecule has 0 aromatic carbocycles. The molecule has 98 valence electrons. The molecule has 0 aliphatic carbocycles. The van der Waals surface area contributed by atoms with Gasteiger partial charge in [0.05, 0.1) is 29.0 Å². The zero-order chi connectivity index (χ0) is 13.2. The molecule has 1 aromatic rings. The first-order chi connectivity index (χ1) is 7.72. The number of halogens is 4. The summed E-state index contributed by atoms with van der Waals surface area (Å²) in [6.07, 6.45) is -4.19. The van der Waals surface area contributed by atoms with Gasteiger partial charge < -0.3 is 5.32 Å².